The summed E-state index contributed by atoms with van der Waals surface area (Å²) in [6, 6.07) is 13.1. The molecule has 1 heterocycles. The number of carbonyl (C=O) groups is 1. The molecular weight excluding hydrogens is 340 g/mol. The number of rotatable bonds is 4. The molecule has 0 spiro atoms. The van der Waals surface area contributed by atoms with Crippen LogP contribution in [0.5, 0.6) is 0 Å². The lowest BCUT2D eigenvalue weighted by atomic mass is 10.2. The monoisotopic (exact) mass is 351 g/mol. The van der Waals surface area contributed by atoms with Crippen LogP contribution in [0.4, 0.5) is 26.1 Å². The van der Waals surface area contributed by atoms with Crippen LogP contribution < -0.4 is 10.6 Å². The average molecular weight is 351 g/mol. The fourth-order valence-corrected chi connectivity index (χ4v) is 2.10. The predicted molar refractivity (Wildman–Crippen MR) is 90.8 cm³/mol. The summed E-state index contributed by atoms with van der Waals surface area (Å²) in [5.41, 5.74) is 0.495. The lowest BCUT2D eigenvalue weighted by Crippen LogP contribution is -2.16. The zero-order valence-corrected chi connectivity index (χ0v) is 13.2. The summed E-state index contributed by atoms with van der Waals surface area (Å²) in [4.78, 5) is 20.2. The van der Waals surface area contributed by atoms with Crippen molar-refractivity contribution in [1.82, 2.24) is 9.97 Å². The van der Waals surface area contributed by atoms with Gasteiger partial charge in [0.2, 0.25) is 5.95 Å². The number of nitrogens with one attached hydrogen (secondary N) is 2. The van der Waals surface area contributed by atoms with Crippen molar-refractivity contribution in [2.45, 2.75) is 0 Å². The number of amides is 1. The van der Waals surface area contributed by atoms with Crippen molar-refractivity contribution in [3.8, 4) is 6.07 Å². The molecule has 0 atom stereocenters. The number of para-hydroxylation sites is 1. The number of anilines is 3. The van der Waals surface area contributed by atoms with Crippen molar-refractivity contribution in [3.05, 3.63) is 77.6 Å². The van der Waals surface area contributed by atoms with Gasteiger partial charge in [-0.2, -0.15) is 5.26 Å². The second-order valence-electron chi connectivity index (χ2n) is 5.13. The van der Waals surface area contributed by atoms with Crippen molar-refractivity contribution in [1.29, 1.82) is 5.26 Å². The molecule has 0 radical (unpaired) electrons. The molecule has 0 unspecified atom stereocenters. The molecule has 0 fully saturated rings. The van der Waals surface area contributed by atoms with Crippen molar-refractivity contribution in [2.24, 2.45) is 0 Å². The van der Waals surface area contributed by atoms with Gasteiger partial charge in [-0.25, -0.2) is 18.7 Å². The first-order chi connectivity index (χ1) is 12.6. The van der Waals surface area contributed by atoms with Crippen LogP contribution in [-0.2, 0) is 0 Å². The molecule has 3 aromatic rings. The number of hydrogen-bond donors (Lipinski definition) is 2. The van der Waals surface area contributed by atoms with Gasteiger partial charge in [0, 0.05) is 11.9 Å². The van der Waals surface area contributed by atoms with Crippen molar-refractivity contribution < 1.29 is 13.6 Å². The zero-order chi connectivity index (χ0) is 18.5. The highest BCUT2D eigenvalue weighted by atomic mass is 19.1. The van der Waals surface area contributed by atoms with Gasteiger partial charge in [-0.3, -0.25) is 4.79 Å². The Labute approximate surface area is 147 Å². The molecule has 8 heteroatoms. The zero-order valence-electron chi connectivity index (χ0n) is 13.2. The Morgan fingerprint density at radius 1 is 1.04 bits per heavy atom. The topological polar surface area (TPSA) is 90.7 Å². The first-order valence-electron chi connectivity index (χ1n) is 7.42. The number of nitriles is 1. The first-order valence-corrected chi connectivity index (χ1v) is 7.42. The largest absolute Gasteiger partial charge is 0.324 e. The molecule has 0 aliphatic rings. The summed E-state index contributed by atoms with van der Waals surface area (Å²) in [6.45, 7) is 0. The fraction of sp³-hybridized carbons (Fsp3) is 0. The van der Waals surface area contributed by atoms with Crippen LogP contribution in [0.25, 0.3) is 0 Å². The number of hydrogen-bond acceptors (Lipinski definition) is 5. The Morgan fingerprint density at radius 2 is 1.73 bits per heavy atom. The summed E-state index contributed by atoms with van der Waals surface area (Å²) in [6.07, 6.45) is 1.34. The molecule has 0 saturated carbocycles. The third kappa shape index (κ3) is 3.79. The number of nitrogens with zero attached hydrogens (tertiary/aromatic N) is 3. The van der Waals surface area contributed by atoms with E-state index in [0.29, 0.717) is 11.3 Å². The van der Waals surface area contributed by atoms with Crippen molar-refractivity contribution >= 4 is 23.2 Å². The molecule has 1 amide bonds. The molecule has 1 aromatic heterocycles. The van der Waals surface area contributed by atoms with Crippen LogP contribution >= 0.6 is 0 Å². The van der Waals surface area contributed by atoms with E-state index in [2.05, 4.69) is 20.6 Å². The summed E-state index contributed by atoms with van der Waals surface area (Å²) >= 11 is 0. The summed E-state index contributed by atoms with van der Waals surface area (Å²) in [7, 11) is 0. The van der Waals surface area contributed by atoms with Gasteiger partial charge < -0.3 is 10.6 Å². The normalized spacial score (nSPS) is 10.0. The Kier molecular flexibility index (Phi) is 4.80. The molecule has 2 N–H and O–H groups in total. The van der Waals surface area contributed by atoms with Crippen LogP contribution in [0.1, 0.15) is 16.1 Å². The minimum atomic E-state index is -0.886. The molecule has 0 bridgehead atoms. The van der Waals surface area contributed by atoms with Crippen molar-refractivity contribution in [3.63, 3.8) is 0 Å². The highest BCUT2D eigenvalue weighted by molar-refractivity contribution is 6.03. The molecule has 0 saturated heterocycles. The molecule has 6 nitrogen and oxygen atoms in total. The molecule has 26 heavy (non-hydrogen) atoms. The van der Waals surface area contributed by atoms with Gasteiger partial charge in [-0.05, 0) is 42.5 Å². The minimum absolute atomic E-state index is 0.0706. The van der Waals surface area contributed by atoms with Crippen LogP contribution in [0.15, 0.2) is 54.7 Å². The maximum absolute atomic E-state index is 13.6. The van der Waals surface area contributed by atoms with Gasteiger partial charge in [0.15, 0.2) is 0 Å². The van der Waals surface area contributed by atoms with Gasteiger partial charge in [0.05, 0.1) is 11.6 Å². The average Bonchev–Trinajstić information content (AvgIpc) is 2.65. The highest BCUT2D eigenvalue weighted by Crippen LogP contribution is 2.19. The maximum Gasteiger partial charge on any atom is 0.274 e. The standard InChI is InChI=1S/C18H11F2N5O/c19-13-2-1-3-14(20)16(13)25-17(26)15-8-9-22-18(24-15)23-12-6-4-11(10-21)5-7-12/h1-9H,(H,25,26)(H,22,23,24). The van der Waals surface area contributed by atoms with E-state index < -0.39 is 23.2 Å². The lowest BCUT2D eigenvalue weighted by Gasteiger charge is -2.08. The maximum atomic E-state index is 13.6. The second-order valence-corrected chi connectivity index (χ2v) is 5.13. The Hall–Kier alpha value is -3.86. The molecular formula is C18H11F2N5O. The number of halogens is 2. The van der Waals surface area contributed by atoms with Gasteiger partial charge >= 0.3 is 0 Å². The number of benzene rings is 2. The van der Waals surface area contributed by atoms with E-state index >= 15 is 0 Å². The number of aromatic nitrogens is 2. The van der Waals surface area contributed by atoms with Crippen molar-refractivity contribution in [2.75, 3.05) is 10.6 Å². The van der Waals surface area contributed by atoms with Crippen LogP contribution in [0.3, 0.4) is 0 Å². The SMILES string of the molecule is N#Cc1ccc(Nc2nccc(C(=O)Nc3c(F)cccc3F)n2)cc1. The van der Waals surface area contributed by atoms with Gasteiger partial charge in [-0.15, -0.1) is 0 Å². The first kappa shape index (κ1) is 17.0. The molecule has 128 valence electrons. The van der Waals surface area contributed by atoms with E-state index in [1.54, 1.807) is 24.3 Å². The molecule has 3 rings (SSSR count). The minimum Gasteiger partial charge on any atom is -0.324 e. The smallest absolute Gasteiger partial charge is 0.274 e. The van der Waals surface area contributed by atoms with Gasteiger partial charge in [-0.1, -0.05) is 6.07 Å². The van der Waals surface area contributed by atoms with E-state index in [9.17, 15) is 13.6 Å². The summed E-state index contributed by atoms with van der Waals surface area (Å²) in [5.74, 6) is -2.43. The fourth-order valence-electron chi connectivity index (χ4n) is 2.10. The predicted octanol–water partition coefficient (Wildman–Crippen LogP) is 3.62. The Balaban J connectivity index is 1.78. The van der Waals surface area contributed by atoms with Gasteiger partial charge in [0.1, 0.15) is 23.0 Å². The third-order valence-corrected chi connectivity index (χ3v) is 3.36. The van der Waals surface area contributed by atoms with Crippen LogP contribution in [-0.4, -0.2) is 15.9 Å². The number of carbonyl (C=O) groups excluding carboxylic acids is 1. The Morgan fingerprint density at radius 3 is 2.38 bits per heavy atom. The lowest BCUT2D eigenvalue weighted by molar-refractivity contribution is 0.102. The highest BCUT2D eigenvalue weighted by Gasteiger charge is 2.15. The quantitative estimate of drug-likeness (QED) is 0.749. The molecule has 0 aliphatic heterocycles. The van der Waals surface area contributed by atoms with E-state index in [-0.39, 0.29) is 11.6 Å². The van der Waals surface area contributed by atoms with E-state index in [1.807, 2.05) is 6.07 Å². The summed E-state index contributed by atoms with van der Waals surface area (Å²) < 4.78 is 27.3. The van der Waals surface area contributed by atoms with E-state index in [4.69, 9.17) is 5.26 Å². The molecule has 2 aromatic carbocycles. The van der Waals surface area contributed by atoms with Crippen LogP contribution in [0, 0.1) is 23.0 Å². The summed E-state index contributed by atoms with van der Waals surface area (Å²) in [5, 5.41) is 13.8. The van der Waals surface area contributed by atoms with E-state index in [1.165, 1.54) is 18.3 Å². The van der Waals surface area contributed by atoms with E-state index in [0.717, 1.165) is 12.1 Å². The molecule has 0 aliphatic carbocycles. The van der Waals surface area contributed by atoms with Gasteiger partial charge in [0.25, 0.3) is 5.91 Å². The Bertz CT molecular complexity index is 979. The third-order valence-electron chi connectivity index (χ3n) is 3.36. The second kappa shape index (κ2) is 7.36. The van der Waals surface area contributed by atoms with Crippen LogP contribution in [0.2, 0.25) is 0 Å².